The summed E-state index contributed by atoms with van der Waals surface area (Å²) in [6.07, 6.45) is 1.00. The van der Waals surface area contributed by atoms with Crippen LogP contribution in [-0.2, 0) is 15.9 Å². The second kappa shape index (κ2) is 8.98. The molecule has 1 aromatic rings. The molecule has 0 radical (unpaired) electrons. The van der Waals surface area contributed by atoms with E-state index in [1.165, 1.54) is 5.56 Å². The molecule has 124 valence electrons. The number of nitrogens with zero attached hydrogens (tertiary/aromatic N) is 1. The number of ether oxygens (including phenoxy) is 3. The average molecular weight is 308 g/mol. The molecule has 0 spiro atoms. The van der Waals surface area contributed by atoms with Crippen LogP contribution in [0.3, 0.4) is 0 Å². The Kier molecular flexibility index (Phi) is 6.96. The zero-order chi connectivity index (χ0) is 15.8. The smallest absolute Gasteiger partial charge is 0.142 e. The molecule has 1 aromatic carbocycles. The van der Waals surface area contributed by atoms with Gasteiger partial charge in [-0.1, -0.05) is 6.07 Å². The van der Waals surface area contributed by atoms with Gasteiger partial charge in [-0.3, -0.25) is 4.90 Å². The maximum Gasteiger partial charge on any atom is 0.142 e. The summed E-state index contributed by atoms with van der Waals surface area (Å²) in [4.78, 5) is 2.41. The van der Waals surface area contributed by atoms with Crippen molar-refractivity contribution in [3.8, 4) is 5.75 Å². The fraction of sp³-hybridized carbons (Fsp3) is 0.647. The Hall–Kier alpha value is -1.30. The van der Waals surface area contributed by atoms with Crippen molar-refractivity contribution in [3.63, 3.8) is 0 Å². The molecule has 1 N–H and O–H groups in total. The molecule has 0 saturated heterocycles. The first-order chi connectivity index (χ1) is 10.7. The Labute approximate surface area is 133 Å². The van der Waals surface area contributed by atoms with Crippen LogP contribution in [-0.4, -0.2) is 64.6 Å². The molecule has 0 aromatic heterocycles. The van der Waals surface area contributed by atoms with E-state index < -0.39 is 0 Å². The molecule has 1 heterocycles. The van der Waals surface area contributed by atoms with E-state index in [0.29, 0.717) is 6.04 Å². The van der Waals surface area contributed by atoms with Crippen LogP contribution >= 0.6 is 0 Å². The van der Waals surface area contributed by atoms with Gasteiger partial charge < -0.3 is 19.5 Å². The first kappa shape index (κ1) is 17.1. The van der Waals surface area contributed by atoms with Gasteiger partial charge in [-0.15, -0.1) is 0 Å². The summed E-state index contributed by atoms with van der Waals surface area (Å²) in [5.74, 6) is 0.957. The highest BCUT2D eigenvalue weighted by Gasteiger charge is 2.16. The number of benzene rings is 1. The van der Waals surface area contributed by atoms with Crippen molar-refractivity contribution in [1.29, 1.82) is 0 Å². The summed E-state index contributed by atoms with van der Waals surface area (Å²) in [6.45, 7) is 7.21. The van der Waals surface area contributed by atoms with E-state index in [1.54, 1.807) is 14.2 Å². The molecule has 2 rings (SSSR count). The summed E-state index contributed by atoms with van der Waals surface area (Å²) in [5.41, 5.74) is 2.43. The van der Waals surface area contributed by atoms with Crippen LogP contribution in [0.2, 0.25) is 0 Å². The maximum absolute atomic E-state index is 5.63. The molecule has 22 heavy (non-hydrogen) atoms. The number of hydrogen-bond acceptors (Lipinski definition) is 5. The van der Waals surface area contributed by atoms with Gasteiger partial charge in [-0.2, -0.15) is 0 Å². The van der Waals surface area contributed by atoms with E-state index in [2.05, 4.69) is 35.3 Å². The third-order valence-corrected chi connectivity index (χ3v) is 4.04. The van der Waals surface area contributed by atoms with Crippen molar-refractivity contribution in [2.24, 2.45) is 0 Å². The molecule has 0 bridgehead atoms. The van der Waals surface area contributed by atoms with Gasteiger partial charge >= 0.3 is 0 Å². The maximum atomic E-state index is 5.63. The van der Waals surface area contributed by atoms with Gasteiger partial charge in [0.05, 0.1) is 18.9 Å². The lowest BCUT2D eigenvalue weighted by Crippen LogP contribution is -2.39. The zero-order valence-electron chi connectivity index (χ0n) is 13.9. The zero-order valence-corrected chi connectivity index (χ0v) is 13.9. The summed E-state index contributed by atoms with van der Waals surface area (Å²) in [6, 6.07) is 6.87. The molecule has 0 amide bonds. The van der Waals surface area contributed by atoms with E-state index in [0.717, 1.165) is 57.3 Å². The lowest BCUT2D eigenvalue weighted by atomic mass is 10.0. The molecular formula is C17H28N2O3. The van der Waals surface area contributed by atoms with Gasteiger partial charge in [-0.25, -0.2) is 0 Å². The fourth-order valence-electron chi connectivity index (χ4n) is 2.75. The van der Waals surface area contributed by atoms with Crippen molar-refractivity contribution < 1.29 is 14.2 Å². The van der Waals surface area contributed by atoms with Crippen LogP contribution < -0.4 is 10.1 Å². The van der Waals surface area contributed by atoms with Gasteiger partial charge in [0, 0.05) is 39.9 Å². The molecule has 0 fully saturated rings. The third-order valence-electron chi connectivity index (χ3n) is 4.04. The molecule has 1 unspecified atom stereocenters. The van der Waals surface area contributed by atoms with Gasteiger partial charge in [0.15, 0.2) is 0 Å². The van der Waals surface area contributed by atoms with E-state index >= 15 is 0 Å². The van der Waals surface area contributed by atoms with Crippen LogP contribution in [0.4, 0.5) is 5.69 Å². The van der Waals surface area contributed by atoms with Gasteiger partial charge in [0.2, 0.25) is 0 Å². The number of fused-ring (bicyclic) bond motifs is 1. The number of nitrogens with one attached hydrogen (secondary N) is 1. The Bertz CT molecular complexity index is 446. The minimum Gasteiger partial charge on any atom is -0.490 e. The second-order valence-electron chi connectivity index (χ2n) is 5.68. The van der Waals surface area contributed by atoms with E-state index in [4.69, 9.17) is 14.2 Å². The molecule has 0 saturated carbocycles. The number of anilines is 1. The highest BCUT2D eigenvalue weighted by atomic mass is 16.5. The molecule has 5 nitrogen and oxygen atoms in total. The number of methoxy groups -OCH3 is 2. The first-order valence-corrected chi connectivity index (χ1v) is 7.96. The Balaban J connectivity index is 1.96. The van der Waals surface area contributed by atoms with Gasteiger partial charge in [0.25, 0.3) is 0 Å². The van der Waals surface area contributed by atoms with Crippen LogP contribution in [0, 0.1) is 0 Å². The topological polar surface area (TPSA) is 43.0 Å². The van der Waals surface area contributed by atoms with Crippen molar-refractivity contribution in [2.45, 2.75) is 19.4 Å². The number of hydrogen-bond donors (Lipinski definition) is 1. The minimum atomic E-state index is 0.438. The number of rotatable bonds is 9. The Morgan fingerprint density at radius 3 is 2.64 bits per heavy atom. The van der Waals surface area contributed by atoms with Crippen molar-refractivity contribution in [2.75, 3.05) is 59.0 Å². The summed E-state index contributed by atoms with van der Waals surface area (Å²) < 4.78 is 16.1. The van der Waals surface area contributed by atoms with E-state index in [9.17, 15) is 0 Å². The van der Waals surface area contributed by atoms with E-state index in [1.807, 2.05) is 0 Å². The third kappa shape index (κ3) is 4.87. The van der Waals surface area contributed by atoms with Crippen LogP contribution in [0.5, 0.6) is 5.75 Å². The molecule has 1 aliphatic rings. The van der Waals surface area contributed by atoms with Crippen molar-refractivity contribution >= 4 is 5.69 Å². The summed E-state index contributed by atoms with van der Waals surface area (Å²) in [7, 11) is 3.49. The van der Waals surface area contributed by atoms with E-state index in [-0.39, 0.29) is 0 Å². The molecular weight excluding hydrogens is 280 g/mol. The van der Waals surface area contributed by atoms with Crippen molar-refractivity contribution in [3.05, 3.63) is 23.8 Å². The second-order valence-corrected chi connectivity index (χ2v) is 5.68. The predicted molar refractivity (Wildman–Crippen MR) is 88.9 cm³/mol. The monoisotopic (exact) mass is 308 g/mol. The lowest BCUT2D eigenvalue weighted by Gasteiger charge is -2.29. The van der Waals surface area contributed by atoms with Crippen LogP contribution in [0.1, 0.15) is 12.5 Å². The van der Waals surface area contributed by atoms with Gasteiger partial charge in [0.1, 0.15) is 12.4 Å². The van der Waals surface area contributed by atoms with Crippen LogP contribution in [0.15, 0.2) is 18.2 Å². The average Bonchev–Trinajstić information content (AvgIpc) is 2.54. The first-order valence-electron chi connectivity index (χ1n) is 7.96. The lowest BCUT2D eigenvalue weighted by molar-refractivity contribution is 0.0919. The Morgan fingerprint density at radius 2 is 1.95 bits per heavy atom. The standard InChI is InChI=1S/C17H28N2O3/c1-14(19(7-10-20-2)8-11-21-3)12-15-4-5-17-16(13-15)18-6-9-22-17/h4-5,13-14,18H,6-12H2,1-3H3. The highest BCUT2D eigenvalue weighted by molar-refractivity contribution is 5.59. The van der Waals surface area contributed by atoms with Crippen LogP contribution in [0.25, 0.3) is 0 Å². The molecule has 5 heteroatoms. The summed E-state index contributed by atoms with van der Waals surface area (Å²) in [5, 5.41) is 3.40. The Morgan fingerprint density at radius 1 is 1.23 bits per heavy atom. The molecule has 0 aliphatic carbocycles. The SMILES string of the molecule is COCCN(CCOC)C(C)Cc1ccc2c(c1)NCCO2. The molecule has 1 atom stereocenters. The predicted octanol–water partition coefficient (Wildman–Crippen LogP) is 2.02. The fourth-order valence-corrected chi connectivity index (χ4v) is 2.75. The normalized spacial score (nSPS) is 15.1. The minimum absolute atomic E-state index is 0.438. The summed E-state index contributed by atoms with van der Waals surface area (Å²) >= 11 is 0. The quantitative estimate of drug-likeness (QED) is 0.756. The van der Waals surface area contributed by atoms with Gasteiger partial charge in [-0.05, 0) is 31.0 Å². The molecule has 1 aliphatic heterocycles. The largest absolute Gasteiger partial charge is 0.490 e. The highest BCUT2D eigenvalue weighted by Crippen LogP contribution is 2.28. The van der Waals surface area contributed by atoms with Crippen molar-refractivity contribution in [1.82, 2.24) is 4.90 Å².